The van der Waals surface area contributed by atoms with E-state index in [1.165, 1.54) is 20.3 Å². The predicted octanol–water partition coefficient (Wildman–Crippen LogP) is 0.938. The Morgan fingerprint density at radius 3 is 2.38 bits per heavy atom. The second-order valence-corrected chi connectivity index (χ2v) is 5.34. The zero-order valence-corrected chi connectivity index (χ0v) is 9.20. The van der Waals surface area contributed by atoms with Crippen molar-refractivity contribution in [2.24, 2.45) is 4.99 Å². The molecule has 0 atom stereocenters. The third-order valence-corrected chi connectivity index (χ3v) is 4.52. The second-order valence-electron chi connectivity index (χ2n) is 2.36. The van der Waals surface area contributed by atoms with Crippen LogP contribution in [0.3, 0.4) is 0 Å². The molecule has 0 fully saturated rings. The van der Waals surface area contributed by atoms with Crippen LogP contribution in [-0.4, -0.2) is 35.8 Å². The molecule has 0 aliphatic rings. The zero-order valence-electron chi connectivity index (χ0n) is 8.20. The Morgan fingerprint density at radius 2 is 2.00 bits per heavy atom. The van der Waals surface area contributed by atoms with Gasteiger partial charge in [0.25, 0.3) is 0 Å². The summed E-state index contributed by atoms with van der Waals surface area (Å²) in [7, 11) is 0.522. The fraction of sp³-hybridized carbons (Fsp3) is 0.857. The van der Waals surface area contributed by atoms with Crippen molar-refractivity contribution in [1.29, 1.82) is 0 Å². The minimum Gasteiger partial charge on any atom is -0.377 e. The van der Waals surface area contributed by atoms with E-state index in [4.69, 9.17) is 13.3 Å². The lowest BCUT2D eigenvalue weighted by Crippen LogP contribution is -2.43. The highest BCUT2D eigenvalue weighted by atomic mass is 28.4. The SMILES string of the molecule is CCC[Si](OC)(OC)OCN=C=O. The van der Waals surface area contributed by atoms with E-state index in [0.29, 0.717) is 6.04 Å². The van der Waals surface area contributed by atoms with Gasteiger partial charge in [0.1, 0.15) is 6.73 Å². The summed E-state index contributed by atoms with van der Waals surface area (Å²) < 4.78 is 15.6. The molecule has 0 aromatic rings. The molecule has 5 nitrogen and oxygen atoms in total. The summed E-state index contributed by atoms with van der Waals surface area (Å²) in [6, 6.07) is 0.717. The minimum absolute atomic E-state index is 0.0442. The Labute approximate surface area is 79.1 Å². The summed E-state index contributed by atoms with van der Waals surface area (Å²) in [5.41, 5.74) is 0. The van der Waals surface area contributed by atoms with E-state index in [9.17, 15) is 4.79 Å². The summed E-state index contributed by atoms with van der Waals surface area (Å²) in [6.45, 7) is 1.96. The monoisotopic (exact) mass is 205 g/mol. The number of aliphatic imine (C=N–C) groups is 1. The van der Waals surface area contributed by atoms with Crippen LogP contribution >= 0.6 is 0 Å². The summed E-state index contributed by atoms with van der Waals surface area (Å²) in [6.07, 6.45) is 2.29. The van der Waals surface area contributed by atoms with Crippen molar-refractivity contribution in [3.05, 3.63) is 0 Å². The molecule has 0 radical (unpaired) electrons. The zero-order chi connectivity index (χ0) is 10.2. The van der Waals surface area contributed by atoms with E-state index in [1.54, 1.807) is 0 Å². The van der Waals surface area contributed by atoms with Gasteiger partial charge in [-0.15, -0.1) is 0 Å². The van der Waals surface area contributed by atoms with Gasteiger partial charge in [-0.2, -0.15) is 4.99 Å². The largest absolute Gasteiger partial charge is 0.501 e. The highest BCUT2D eigenvalue weighted by Gasteiger charge is 2.37. The van der Waals surface area contributed by atoms with Crippen LogP contribution in [0.2, 0.25) is 6.04 Å². The lowest BCUT2D eigenvalue weighted by molar-refractivity contribution is 0.101. The summed E-state index contributed by atoms with van der Waals surface area (Å²) >= 11 is 0. The van der Waals surface area contributed by atoms with Crippen molar-refractivity contribution in [2.75, 3.05) is 21.0 Å². The molecule has 0 aromatic carbocycles. The van der Waals surface area contributed by atoms with Gasteiger partial charge in [0, 0.05) is 20.3 Å². The van der Waals surface area contributed by atoms with Crippen LogP contribution in [0.4, 0.5) is 0 Å². The second kappa shape index (κ2) is 6.94. The van der Waals surface area contributed by atoms with E-state index >= 15 is 0 Å². The van der Waals surface area contributed by atoms with Crippen LogP contribution in [0.25, 0.3) is 0 Å². The summed E-state index contributed by atoms with van der Waals surface area (Å²) in [5.74, 6) is 0. The molecule has 0 spiro atoms. The Morgan fingerprint density at radius 1 is 1.38 bits per heavy atom. The van der Waals surface area contributed by atoms with Crippen molar-refractivity contribution in [3.63, 3.8) is 0 Å². The maximum atomic E-state index is 9.79. The van der Waals surface area contributed by atoms with Crippen molar-refractivity contribution in [1.82, 2.24) is 0 Å². The third-order valence-electron chi connectivity index (χ3n) is 1.59. The number of carbonyl (C=O) groups excluding carboxylic acids is 1. The van der Waals surface area contributed by atoms with E-state index in [1.807, 2.05) is 6.92 Å². The first kappa shape index (κ1) is 12.5. The molecule has 0 unspecified atom stereocenters. The summed E-state index contributed by atoms with van der Waals surface area (Å²) in [4.78, 5) is 13.1. The molecule has 0 N–H and O–H groups in total. The van der Waals surface area contributed by atoms with E-state index < -0.39 is 8.80 Å². The Kier molecular flexibility index (Phi) is 6.66. The Bertz CT molecular complexity index is 177. The predicted molar refractivity (Wildman–Crippen MR) is 48.9 cm³/mol. The van der Waals surface area contributed by atoms with E-state index in [-0.39, 0.29) is 6.73 Å². The molecule has 13 heavy (non-hydrogen) atoms. The molecule has 0 saturated carbocycles. The van der Waals surface area contributed by atoms with Gasteiger partial charge in [-0.05, 0) is 0 Å². The molecule has 0 aliphatic heterocycles. The van der Waals surface area contributed by atoms with Gasteiger partial charge in [-0.3, -0.25) is 0 Å². The standard InChI is InChI=1S/C7H15NO4Si/c1-4-5-13(10-2,11-3)12-7-8-6-9/h4-5,7H2,1-3H3. The Balaban J connectivity index is 4.11. The third kappa shape index (κ3) is 4.30. The van der Waals surface area contributed by atoms with E-state index in [2.05, 4.69) is 4.99 Å². The average molecular weight is 205 g/mol. The van der Waals surface area contributed by atoms with Gasteiger partial charge in [0.05, 0.1) is 0 Å². The summed E-state index contributed by atoms with van der Waals surface area (Å²) in [5, 5.41) is 0. The molecule has 6 heteroatoms. The van der Waals surface area contributed by atoms with Crippen molar-refractivity contribution >= 4 is 14.9 Å². The van der Waals surface area contributed by atoms with Crippen molar-refractivity contribution in [3.8, 4) is 0 Å². The van der Waals surface area contributed by atoms with Gasteiger partial charge in [-0.1, -0.05) is 13.3 Å². The Hall–Kier alpha value is -0.523. The van der Waals surface area contributed by atoms with Crippen molar-refractivity contribution < 1.29 is 18.1 Å². The molecule has 0 heterocycles. The van der Waals surface area contributed by atoms with Crippen LogP contribution in [0, 0.1) is 0 Å². The molecular weight excluding hydrogens is 190 g/mol. The van der Waals surface area contributed by atoms with Crippen LogP contribution in [0.15, 0.2) is 4.99 Å². The molecule has 0 aromatic heterocycles. The van der Waals surface area contributed by atoms with Crippen LogP contribution in [-0.2, 0) is 18.1 Å². The van der Waals surface area contributed by atoms with Crippen LogP contribution < -0.4 is 0 Å². The first-order valence-electron chi connectivity index (χ1n) is 4.02. The highest BCUT2D eigenvalue weighted by molar-refractivity contribution is 6.60. The maximum Gasteiger partial charge on any atom is 0.501 e. The molecule has 0 bridgehead atoms. The smallest absolute Gasteiger partial charge is 0.377 e. The molecular formula is C7H15NO4Si. The molecule has 76 valence electrons. The topological polar surface area (TPSA) is 57.1 Å². The molecule has 0 aliphatic carbocycles. The number of isocyanates is 1. The number of hydrogen-bond donors (Lipinski definition) is 0. The fourth-order valence-electron chi connectivity index (χ4n) is 0.941. The van der Waals surface area contributed by atoms with Gasteiger partial charge < -0.3 is 13.3 Å². The normalized spacial score (nSPS) is 11.0. The first-order chi connectivity index (χ1) is 6.24. The lowest BCUT2D eigenvalue weighted by atomic mass is 10.6. The van der Waals surface area contributed by atoms with E-state index in [0.717, 1.165) is 6.42 Å². The minimum atomic E-state index is -2.55. The fourth-order valence-corrected chi connectivity index (χ4v) is 2.77. The van der Waals surface area contributed by atoms with Gasteiger partial charge in [-0.25, -0.2) is 4.79 Å². The van der Waals surface area contributed by atoms with Gasteiger partial charge in [0.15, 0.2) is 0 Å². The number of hydrogen-bond acceptors (Lipinski definition) is 5. The number of nitrogens with zero attached hydrogens (tertiary/aromatic N) is 1. The molecule has 0 rings (SSSR count). The van der Waals surface area contributed by atoms with Crippen LogP contribution in [0.1, 0.15) is 13.3 Å². The van der Waals surface area contributed by atoms with Crippen LogP contribution in [0.5, 0.6) is 0 Å². The molecule has 0 saturated heterocycles. The van der Waals surface area contributed by atoms with Gasteiger partial charge >= 0.3 is 8.80 Å². The quantitative estimate of drug-likeness (QED) is 0.352. The number of rotatable bonds is 7. The first-order valence-corrected chi connectivity index (χ1v) is 5.95. The maximum absolute atomic E-state index is 9.79. The lowest BCUT2D eigenvalue weighted by Gasteiger charge is -2.24. The molecule has 0 amide bonds. The highest BCUT2D eigenvalue weighted by Crippen LogP contribution is 2.15. The van der Waals surface area contributed by atoms with Crippen molar-refractivity contribution in [2.45, 2.75) is 19.4 Å². The van der Waals surface area contributed by atoms with Gasteiger partial charge in [0.2, 0.25) is 6.08 Å². The average Bonchev–Trinajstić information content (AvgIpc) is 2.17.